The van der Waals surface area contributed by atoms with Gasteiger partial charge in [-0.2, -0.15) is 0 Å². The van der Waals surface area contributed by atoms with Gasteiger partial charge in [-0.25, -0.2) is 0 Å². The Bertz CT molecular complexity index is 353. The van der Waals surface area contributed by atoms with Crippen molar-refractivity contribution < 1.29 is 4.79 Å². The number of nitrogens with two attached hydrogens (primary N) is 1. The fourth-order valence-electron chi connectivity index (χ4n) is 1.45. The molecule has 90 valence electrons. The van der Waals surface area contributed by atoms with Crippen LogP contribution in [0.2, 0.25) is 0 Å². The fraction of sp³-hybridized carbons (Fsp3) is 0.417. The summed E-state index contributed by atoms with van der Waals surface area (Å²) >= 11 is 0. The summed E-state index contributed by atoms with van der Waals surface area (Å²) < 4.78 is 0. The molecular weight excluding hydrogens is 224 g/mol. The Labute approximate surface area is 103 Å². The second-order valence-corrected chi connectivity index (χ2v) is 4.00. The number of rotatable bonds is 3. The zero-order valence-electron chi connectivity index (χ0n) is 9.86. The maximum absolute atomic E-state index is 11.7. The molecule has 0 aliphatic carbocycles. The number of halogens is 1. The highest BCUT2D eigenvalue weighted by Crippen LogP contribution is 2.15. The minimum atomic E-state index is -0.575. The molecule has 16 heavy (non-hydrogen) atoms. The molecule has 1 aromatic carbocycles. The summed E-state index contributed by atoms with van der Waals surface area (Å²) in [6.45, 7) is 5.79. The summed E-state index contributed by atoms with van der Waals surface area (Å²) in [6, 6.07) is 7.22. The van der Waals surface area contributed by atoms with Crippen LogP contribution >= 0.6 is 12.4 Å². The predicted molar refractivity (Wildman–Crippen MR) is 68.6 cm³/mol. The molecule has 0 fully saturated rings. The van der Waals surface area contributed by atoms with Gasteiger partial charge in [0.05, 0.1) is 0 Å². The van der Waals surface area contributed by atoms with Crippen LogP contribution in [0, 0.1) is 6.92 Å². The summed E-state index contributed by atoms with van der Waals surface area (Å²) in [6.07, 6.45) is 0. The first kappa shape index (κ1) is 14.9. The highest BCUT2D eigenvalue weighted by molar-refractivity contribution is 5.85. The standard InChI is InChI=1S/C12H18N2O.ClH/c1-8(2)14-12(15)11(13)10-7-5-4-6-9(10)3;/h4-8,11H,13H2,1-3H3,(H,14,15);1H. The van der Waals surface area contributed by atoms with Gasteiger partial charge in [-0.05, 0) is 31.9 Å². The molecule has 3 nitrogen and oxygen atoms in total. The van der Waals surface area contributed by atoms with E-state index in [2.05, 4.69) is 5.32 Å². The van der Waals surface area contributed by atoms with Crippen molar-refractivity contribution >= 4 is 18.3 Å². The molecule has 4 heteroatoms. The van der Waals surface area contributed by atoms with Crippen molar-refractivity contribution in [3.05, 3.63) is 35.4 Å². The zero-order chi connectivity index (χ0) is 11.4. The molecule has 0 saturated carbocycles. The molecule has 1 aromatic rings. The molecule has 0 heterocycles. The largest absolute Gasteiger partial charge is 0.352 e. The van der Waals surface area contributed by atoms with Crippen LogP contribution in [0.5, 0.6) is 0 Å². The Kier molecular flexibility index (Phi) is 6.08. The van der Waals surface area contributed by atoms with Crippen LogP contribution in [0.25, 0.3) is 0 Å². The van der Waals surface area contributed by atoms with E-state index < -0.39 is 6.04 Å². The first-order chi connectivity index (χ1) is 7.02. The number of carbonyl (C=O) groups is 1. The van der Waals surface area contributed by atoms with Crippen LogP contribution < -0.4 is 11.1 Å². The fourth-order valence-corrected chi connectivity index (χ4v) is 1.45. The third kappa shape index (κ3) is 3.83. The van der Waals surface area contributed by atoms with Gasteiger partial charge in [0, 0.05) is 6.04 Å². The van der Waals surface area contributed by atoms with Crippen molar-refractivity contribution in [2.45, 2.75) is 32.9 Å². The molecule has 1 unspecified atom stereocenters. The van der Waals surface area contributed by atoms with Gasteiger partial charge in [0.1, 0.15) is 6.04 Å². The van der Waals surface area contributed by atoms with Crippen molar-refractivity contribution in [2.24, 2.45) is 5.73 Å². The first-order valence-corrected chi connectivity index (χ1v) is 5.14. The van der Waals surface area contributed by atoms with Gasteiger partial charge in [-0.15, -0.1) is 12.4 Å². The summed E-state index contributed by atoms with van der Waals surface area (Å²) in [7, 11) is 0. The lowest BCUT2D eigenvalue weighted by Gasteiger charge is -2.16. The summed E-state index contributed by atoms with van der Waals surface area (Å²) in [4.78, 5) is 11.7. The third-order valence-electron chi connectivity index (χ3n) is 2.24. The highest BCUT2D eigenvalue weighted by Gasteiger charge is 2.17. The van der Waals surface area contributed by atoms with Crippen LogP contribution in [0.15, 0.2) is 24.3 Å². The van der Waals surface area contributed by atoms with Gasteiger partial charge in [0.2, 0.25) is 5.91 Å². The monoisotopic (exact) mass is 242 g/mol. The average Bonchev–Trinajstić information content (AvgIpc) is 2.16. The van der Waals surface area contributed by atoms with Gasteiger partial charge in [-0.3, -0.25) is 4.79 Å². The molecule has 0 saturated heterocycles. The second kappa shape index (κ2) is 6.51. The Hall–Kier alpha value is -1.06. The molecule has 0 aliphatic rings. The molecule has 0 aromatic heterocycles. The van der Waals surface area contributed by atoms with E-state index in [0.29, 0.717) is 0 Å². The normalized spacial score (nSPS) is 11.8. The lowest BCUT2D eigenvalue weighted by Crippen LogP contribution is -2.38. The van der Waals surface area contributed by atoms with E-state index in [1.54, 1.807) is 0 Å². The lowest BCUT2D eigenvalue weighted by molar-refractivity contribution is -0.123. The molecule has 3 N–H and O–H groups in total. The van der Waals surface area contributed by atoms with Crippen LogP contribution in [0.1, 0.15) is 31.0 Å². The number of carbonyl (C=O) groups excluding carboxylic acids is 1. The molecular formula is C12H19ClN2O. The highest BCUT2D eigenvalue weighted by atomic mass is 35.5. The van der Waals surface area contributed by atoms with Gasteiger partial charge in [0.15, 0.2) is 0 Å². The SMILES string of the molecule is Cc1ccccc1C(N)C(=O)NC(C)C.Cl. The van der Waals surface area contributed by atoms with E-state index in [4.69, 9.17) is 5.73 Å². The minimum absolute atomic E-state index is 0. The maximum Gasteiger partial charge on any atom is 0.241 e. The van der Waals surface area contributed by atoms with Crippen LogP contribution in [-0.4, -0.2) is 11.9 Å². The number of aryl methyl sites for hydroxylation is 1. The average molecular weight is 243 g/mol. The topological polar surface area (TPSA) is 55.1 Å². The lowest BCUT2D eigenvalue weighted by atomic mass is 10.0. The van der Waals surface area contributed by atoms with Gasteiger partial charge < -0.3 is 11.1 Å². The van der Waals surface area contributed by atoms with Gasteiger partial charge in [0.25, 0.3) is 0 Å². The number of amides is 1. The quantitative estimate of drug-likeness (QED) is 0.851. The van der Waals surface area contributed by atoms with E-state index in [1.165, 1.54) is 0 Å². The molecule has 1 rings (SSSR count). The molecule has 0 radical (unpaired) electrons. The Morgan fingerprint density at radius 3 is 2.38 bits per heavy atom. The molecule has 1 atom stereocenters. The third-order valence-corrected chi connectivity index (χ3v) is 2.24. The smallest absolute Gasteiger partial charge is 0.241 e. The van der Waals surface area contributed by atoms with Gasteiger partial charge in [-0.1, -0.05) is 24.3 Å². The summed E-state index contributed by atoms with van der Waals surface area (Å²) in [5, 5.41) is 2.80. The summed E-state index contributed by atoms with van der Waals surface area (Å²) in [5.41, 5.74) is 7.81. The van der Waals surface area contributed by atoms with Crippen LogP contribution in [0.3, 0.4) is 0 Å². The Morgan fingerprint density at radius 1 is 1.31 bits per heavy atom. The van der Waals surface area contributed by atoms with Crippen LogP contribution in [0.4, 0.5) is 0 Å². The molecule has 0 spiro atoms. The predicted octanol–water partition coefficient (Wildman–Crippen LogP) is 1.94. The van der Waals surface area contributed by atoms with Gasteiger partial charge >= 0.3 is 0 Å². The van der Waals surface area contributed by atoms with Crippen molar-refractivity contribution in [3.63, 3.8) is 0 Å². The minimum Gasteiger partial charge on any atom is -0.352 e. The molecule has 0 bridgehead atoms. The summed E-state index contributed by atoms with van der Waals surface area (Å²) in [5.74, 6) is -0.126. The number of nitrogens with one attached hydrogen (secondary N) is 1. The Morgan fingerprint density at radius 2 is 1.88 bits per heavy atom. The Balaban J connectivity index is 0.00000225. The van der Waals surface area contributed by atoms with Crippen molar-refractivity contribution in [3.8, 4) is 0 Å². The van der Waals surface area contributed by atoms with E-state index in [9.17, 15) is 4.79 Å². The van der Waals surface area contributed by atoms with Crippen LogP contribution in [-0.2, 0) is 4.79 Å². The van der Waals surface area contributed by atoms with Crippen molar-refractivity contribution in [1.82, 2.24) is 5.32 Å². The van der Waals surface area contributed by atoms with Crippen molar-refractivity contribution in [1.29, 1.82) is 0 Å². The van der Waals surface area contributed by atoms with Crippen molar-refractivity contribution in [2.75, 3.05) is 0 Å². The zero-order valence-corrected chi connectivity index (χ0v) is 10.7. The molecule has 1 amide bonds. The number of hydrogen-bond donors (Lipinski definition) is 2. The van der Waals surface area contributed by atoms with E-state index in [0.717, 1.165) is 11.1 Å². The second-order valence-electron chi connectivity index (χ2n) is 4.00. The molecule has 0 aliphatic heterocycles. The number of benzene rings is 1. The van der Waals surface area contributed by atoms with E-state index in [-0.39, 0.29) is 24.4 Å². The number of hydrogen-bond acceptors (Lipinski definition) is 2. The van der Waals surface area contributed by atoms with E-state index >= 15 is 0 Å². The first-order valence-electron chi connectivity index (χ1n) is 5.14. The maximum atomic E-state index is 11.7. The van der Waals surface area contributed by atoms with E-state index in [1.807, 2.05) is 45.0 Å².